The average molecular weight is 389 g/mol. The van der Waals surface area contributed by atoms with E-state index in [1.165, 1.54) is 11.0 Å². The summed E-state index contributed by atoms with van der Waals surface area (Å²) in [7, 11) is 0. The molecule has 1 heterocycles. The molecule has 0 aromatic heterocycles. The number of likely N-dealkylation sites (tertiary alicyclic amines) is 1. The van der Waals surface area contributed by atoms with E-state index in [1.54, 1.807) is 19.1 Å². The SMILES string of the molecule is CC1(C(=O)O)CCCCN1C(=O)c1ccc(I)c(O)c1. The summed E-state index contributed by atoms with van der Waals surface area (Å²) in [6, 6.07) is 4.65. The number of phenols is 1. The van der Waals surface area contributed by atoms with Crippen molar-refractivity contribution in [2.45, 2.75) is 31.7 Å². The van der Waals surface area contributed by atoms with Crippen LogP contribution in [-0.4, -0.2) is 39.1 Å². The molecule has 0 radical (unpaired) electrons. The molecular weight excluding hydrogens is 373 g/mol. The first-order chi connectivity index (χ1) is 9.36. The van der Waals surface area contributed by atoms with Crippen LogP contribution in [0, 0.1) is 3.57 Å². The Morgan fingerprint density at radius 3 is 2.65 bits per heavy atom. The number of aromatic hydroxyl groups is 1. The highest BCUT2D eigenvalue weighted by molar-refractivity contribution is 14.1. The predicted molar refractivity (Wildman–Crippen MR) is 81.8 cm³/mol. The molecule has 2 rings (SSSR count). The highest BCUT2D eigenvalue weighted by atomic mass is 127. The Hall–Kier alpha value is -1.31. The van der Waals surface area contributed by atoms with Crippen molar-refractivity contribution in [3.05, 3.63) is 27.3 Å². The molecule has 6 heteroatoms. The van der Waals surface area contributed by atoms with E-state index in [0.717, 1.165) is 12.8 Å². The number of halogens is 1. The van der Waals surface area contributed by atoms with E-state index < -0.39 is 11.5 Å². The van der Waals surface area contributed by atoms with Crippen LogP contribution in [0.15, 0.2) is 18.2 Å². The molecule has 1 amide bonds. The van der Waals surface area contributed by atoms with Crippen molar-refractivity contribution in [3.8, 4) is 5.75 Å². The minimum Gasteiger partial charge on any atom is -0.507 e. The Kier molecular flexibility index (Phi) is 4.22. The zero-order valence-corrected chi connectivity index (χ0v) is 13.3. The molecule has 0 saturated carbocycles. The molecule has 2 N–H and O–H groups in total. The molecule has 1 aliphatic rings. The molecule has 20 heavy (non-hydrogen) atoms. The second-order valence-electron chi connectivity index (χ2n) is 5.16. The summed E-state index contributed by atoms with van der Waals surface area (Å²) < 4.78 is 0.652. The monoisotopic (exact) mass is 389 g/mol. The summed E-state index contributed by atoms with van der Waals surface area (Å²) in [6.45, 7) is 2.01. The highest BCUT2D eigenvalue weighted by Crippen LogP contribution is 2.31. The molecule has 108 valence electrons. The number of carbonyl (C=O) groups excluding carboxylic acids is 1. The number of nitrogens with zero attached hydrogens (tertiary/aromatic N) is 1. The van der Waals surface area contributed by atoms with Crippen LogP contribution < -0.4 is 0 Å². The number of benzene rings is 1. The second-order valence-corrected chi connectivity index (χ2v) is 6.32. The van der Waals surface area contributed by atoms with Gasteiger partial charge < -0.3 is 15.1 Å². The van der Waals surface area contributed by atoms with Gasteiger partial charge in [0.25, 0.3) is 5.91 Å². The standard InChI is InChI=1S/C14H16INO4/c1-14(13(19)20)6-2-3-7-16(14)12(18)9-4-5-10(15)11(17)8-9/h4-5,8,17H,2-3,6-7H2,1H3,(H,19,20). The lowest BCUT2D eigenvalue weighted by atomic mass is 9.88. The maximum atomic E-state index is 12.5. The van der Waals surface area contributed by atoms with Gasteiger partial charge in [0.2, 0.25) is 0 Å². The predicted octanol–water partition coefficient (Wildman–Crippen LogP) is 2.47. The van der Waals surface area contributed by atoms with Crippen LogP contribution in [0.4, 0.5) is 0 Å². The van der Waals surface area contributed by atoms with Gasteiger partial charge in [0.05, 0.1) is 3.57 Å². The van der Waals surface area contributed by atoms with Crippen LogP contribution in [0.5, 0.6) is 5.75 Å². The number of hydrogen-bond donors (Lipinski definition) is 2. The summed E-state index contributed by atoms with van der Waals surface area (Å²) in [4.78, 5) is 25.4. The number of rotatable bonds is 2. The van der Waals surface area contributed by atoms with Gasteiger partial charge in [0.1, 0.15) is 11.3 Å². The van der Waals surface area contributed by atoms with Gasteiger partial charge in [-0.05, 0) is 67.0 Å². The Balaban J connectivity index is 2.35. The molecule has 1 aromatic carbocycles. The summed E-state index contributed by atoms with van der Waals surface area (Å²) in [5.41, 5.74) is -0.856. The van der Waals surface area contributed by atoms with Gasteiger partial charge in [-0.15, -0.1) is 0 Å². The number of phenolic OH excluding ortho intramolecular Hbond substituents is 1. The molecule has 1 unspecified atom stereocenters. The van der Waals surface area contributed by atoms with Crippen molar-refractivity contribution in [2.75, 3.05) is 6.54 Å². The first kappa shape index (κ1) is 15.1. The molecule has 1 aromatic rings. The quantitative estimate of drug-likeness (QED) is 0.762. The molecule has 1 atom stereocenters. The maximum absolute atomic E-state index is 12.5. The van der Waals surface area contributed by atoms with Crippen molar-refractivity contribution < 1.29 is 19.8 Å². The Labute approximate surface area is 130 Å². The Morgan fingerprint density at radius 1 is 1.35 bits per heavy atom. The van der Waals surface area contributed by atoms with E-state index in [0.29, 0.717) is 22.1 Å². The first-order valence-electron chi connectivity index (χ1n) is 6.40. The van der Waals surface area contributed by atoms with Gasteiger partial charge in [-0.1, -0.05) is 0 Å². The van der Waals surface area contributed by atoms with Crippen LogP contribution in [0.3, 0.4) is 0 Å². The van der Waals surface area contributed by atoms with E-state index in [2.05, 4.69) is 0 Å². The molecule has 0 bridgehead atoms. The normalized spacial score (nSPS) is 22.6. The van der Waals surface area contributed by atoms with Crippen molar-refractivity contribution in [1.82, 2.24) is 4.90 Å². The van der Waals surface area contributed by atoms with Gasteiger partial charge in [-0.3, -0.25) is 4.79 Å². The van der Waals surface area contributed by atoms with Gasteiger partial charge in [0.15, 0.2) is 0 Å². The molecule has 1 fully saturated rings. The fourth-order valence-corrected chi connectivity index (χ4v) is 2.81. The third-order valence-corrected chi connectivity index (χ3v) is 4.70. The van der Waals surface area contributed by atoms with Crippen molar-refractivity contribution in [2.24, 2.45) is 0 Å². The second kappa shape index (κ2) is 5.59. The number of carbonyl (C=O) groups is 2. The van der Waals surface area contributed by atoms with Gasteiger partial charge >= 0.3 is 5.97 Å². The van der Waals surface area contributed by atoms with E-state index in [9.17, 15) is 19.8 Å². The zero-order valence-electron chi connectivity index (χ0n) is 11.1. The van der Waals surface area contributed by atoms with Gasteiger partial charge in [-0.2, -0.15) is 0 Å². The first-order valence-corrected chi connectivity index (χ1v) is 7.48. The molecular formula is C14H16INO4. The average Bonchev–Trinajstić information content (AvgIpc) is 2.41. The summed E-state index contributed by atoms with van der Waals surface area (Å²) in [6.07, 6.45) is 2.04. The molecule has 5 nitrogen and oxygen atoms in total. The number of hydrogen-bond acceptors (Lipinski definition) is 3. The van der Waals surface area contributed by atoms with Crippen LogP contribution >= 0.6 is 22.6 Å². The van der Waals surface area contributed by atoms with Crippen LogP contribution in [0.2, 0.25) is 0 Å². The number of amides is 1. The van der Waals surface area contributed by atoms with E-state index in [4.69, 9.17) is 0 Å². The molecule has 0 spiro atoms. The highest BCUT2D eigenvalue weighted by Gasteiger charge is 2.44. The topological polar surface area (TPSA) is 77.8 Å². The molecule has 0 aliphatic carbocycles. The number of carboxylic acid groups (broad SMARTS) is 1. The van der Waals surface area contributed by atoms with Crippen LogP contribution in [0.25, 0.3) is 0 Å². The van der Waals surface area contributed by atoms with E-state index in [1.807, 2.05) is 22.6 Å². The number of aliphatic carboxylic acids is 1. The molecule has 1 aliphatic heterocycles. The fraction of sp³-hybridized carbons (Fsp3) is 0.429. The van der Waals surface area contributed by atoms with Crippen molar-refractivity contribution >= 4 is 34.5 Å². The van der Waals surface area contributed by atoms with Crippen LogP contribution in [-0.2, 0) is 4.79 Å². The summed E-state index contributed by atoms with van der Waals surface area (Å²) >= 11 is 1.97. The fourth-order valence-electron chi connectivity index (χ4n) is 2.47. The minimum absolute atomic E-state index is 0.0329. The zero-order chi connectivity index (χ0) is 14.9. The number of piperidine rings is 1. The number of carboxylic acids is 1. The summed E-state index contributed by atoms with van der Waals surface area (Å²) in [5.74, 6) is -1.30. The third kappa shape index (κ3) is 2.61. The maximum Gasteiger partial charge on any atom is 0.329 e. The largest absolute Gasteiger partial charge is 0.507 e. The lowest BCUT2D eigenvalue weighted by Crippen LogP contribution is -2.57. The molecule has 1 saturated heterocycles. The lowest BCUT2D eigenvalue weighted by molar-refractivity contribution is -0.150. The van der Waals surface area contributed by atoms with E-state index >= 15 is 0 Å². The van der Waals surface area contributed by atoms with Gasteiger partial charge in [-0.25, -0.2) is 4.79 Å². The van der Waals surface area contributed by atoms with Crippen LogP contribution in [0.1, 0.15) is 36.5 Å². The summed E-state index contributed by atoms with van der Waals surface area (Å²) in [5, 5.41) is 19.1. The minimum atomic E-state index is -1.17. The Morgan fingerprint density at radius 2 is 2.05 bits per heavy atom. The lowest BCUT2D eigenvalue weighted by Gasteiger charge is -2.41. The van der Waals surface area contributed by atoms with Crippen molar-refractivity contribution in [3.63, 3.8) is 0 Å². The van der Waals surface area contributed by atoms with Gasteiger partial charge in [0, 0.05) is 12.1 Å². The smallest absolute Gasteiger partial charge is 0.329 e. The third-order valence-electron chi connectivity index (χ3n) is 3.79. The van der Waals surface area contributed by atoms with Crippen molar-refractivity contribution in [1.29, 1.82) is 0 Å². The Bertz CT molecular complexity index is 560. The van der Waals surface area contributed by atoms with E-state index in [-0.39, 0.29) is 11.7 Å².